The summed E-state index contributed by atoms with van der Waals surface area (Å²) < 4.78 is 0. The second-order valence-corrected chi connectivity index (χ2v) is 5.84. The Morgan fingerprint density at radius 1 is 1.05 bits per heavy atom. The first-order chi connectivity index (χ1) is 9.22. The summed E-state index contributed by atoms with van der Waals surface area (Å²) in [6.07, 6.45) is 1.13. The number of halogens is 2. The minimum Gasteiger partial charge on any atom is -0.220 e. The highest BCUT2D eigenvalue weighted by atomic mass is 35.5. The highest BCUT2D eigenvalue weighted by Crippen LogP contribution is 2.32. The van der Waals surface area contributed by atoms with Crippen LogP contribution < -0.4 is 0 Å². The molecule has 19 heavy (non-hydrogen) atoms. The van der Waals surface area contributed by atoms with Gasteiger partial charge in [-0.3, -0.25) is 0 Å². The summed E-state index contributed by atoms with van der Waals surface area (Å²) >= 11 is 14.3. The number of thioether (sulfide) groups is 1. The Morgan fingerprint density at radius 2 is 1.68 bits per heavy atom. The predicted octanol–water partition coefficient (Wildman–Crippen LogP) is 5.09. The third-order valence-corrected chi connectivity index (χ3v) is 4.22. The monoisotopic (exact) mass is 312 g/mol. The summed E-state index contributed by atoms with van der Waals surface area (Å²) in [5.74, 6) is 2.51. The van der Waals surface area contributed by atoms with Gasteiger partial charge in [-0.2, -0.15) is 11.8 Å². The first-order valence-electron chi connectivity index (χ1n) is 6.07. The first kappa shape index (κ1) is 14.6. The van der Waals surface area contributed by atoms with E-state index in [-0.39, 0.29) is 0 Å². The minimum atomic E-state index is 0.415. The average Bonchev–Trinajstić information content (AvgIpc) is 2.39. The number of aromatic nitrogens is 2. The van der Waals surface area contributed by atoms with E-state index in [1.807, 2.05) is 30.3 Å². The zero-order valence-corrected chi connectivity index (χ0v) is 12.9. The highest BCUT2D eigenvalue weighted by Gasteiger charge is 2.13. The Balaban J connectivity index is 2.28. The quantitative estimate of drug-likeness (QED) is 0.568. The van der Waals surface area contributed by atoms with Crippen LogP contribution in [0.2, 0.25) is 10.3 Å². The van der Waals surface area contributed by atoms with Crippen LogP contribution in [0.4, 0.5) is 0 Å². The Kier molecular flexibility index (Phi) is 5.49. The van der Waals surface area contributed by atoms with Gasteiger partial charge in [0.25, 0.3) is 0 Å². The SMILES string of the molecule is CCCSCc1nc(Cl)c(-c2ccccc2)c(Cl)n1. The van der Waals surface area contributed by atoms with E-state index in [1.165, 1.54) is 0 Å². The number of nitrogens with zero attached hydrogens (tertiary/aromatic N) is 2. The molecule has 0 saturated carbocycles. The van der Waals surface area contributed by atoms with Crippen molar-refractivity contribution in [3.63, 3.8) is 0 Å². The van der Waals surface area contributed by atoms with Gasteiger partial charge in [0.1, 0.15) is 16.1 Å². The van der Waals surface area contributed by atoms with Gasteiger partial charge < -0.3 is 0 Å². The van der Waals surface area contributed by atoms with E-state index in [1.54, 1.807) is 11.8 Å². The van der Waals surface area contributed by atoms with Crippen LogP contribution in [0, 0.1) is 0 Å². The molecule has 0 atom stereocenters. The van der Waals surface area contributed by atoms with Gasteiger partial charge in [0.15, 0.2) is 0 Å². The van der Waals surface area contributed by atoms with Gasteiger partial charge in [-0.15, -0.1) is 0 Å². The van der Waals surface area contributed by atoms with Gasteiger partial charge in [0.2, 0.25) is 0 Å². The summed E-state index contributed by atoms with van der Waals surface area (Å²) in [4.78, 5) is 8.66. The Bertz CT molecular complexity index is 523. The fourth-order valence-corrected chi connectivity index (χ4v) is 3.05. The van der Waals surface area contributed by atoms with E-state index < -0.39 is 0 Å². The molecule has 0 N–H and O–H groups in total. The molecule has 0 bridgehead atoms. The van der Waals surface area contributed by atoms with Crippen molar-refractivity contribution in [1.29, 1.82) is 0 Å². The minimum absolute atomic E-state index is 0.415. The van der Waals surface area contributed by atoms with Crippen LogP contribution in [0.5, 0.6) is 0 Å². The largest absolute Gasteiger partial charge is 0.220 e. The van der Waals surface area contributed by atoms with Crippen molar-refractivity contribution in [3.05, 3.63) is 46.5 Å². The third-order valence-electron chi connectivity index (χ3n) is 2.51. The maximum absolute atomic E-state index is 6.24. The lowest BCUT2D eigenvalue weighted by Gasteiger charge is -2.08. The first-order valence-corrected chi connectivity index (χ1v) is 7.98. The van der Waals surface area contributed by atoms with E-state index in [0.29, 0.717) is 21.7 Å². The van der Waals surface area contributed by atoms with Gasteiger partial charge in [0.05, 0.1) is 11.3 Å². The zero-order valence-electron chi connectivity index (χ0n) is 10.6. The van der Waals surface area contributed by atoms with Gasteiger partial charge in [0, 0.05) is 0 Å². The van der Waals surface area contributed by atoms with Crippen molar-refractivity contribution in [1.82, 2.24) is 9.97 Å². The number of rotatable bonds is 5. The van der Waals surface area contributed by atoms with Crippen LogP contribution >= 0.6 is 35.0 Å². The molecular formula is C14H14Cl2N2S. The summed E-state index contributed by atoms with van der Waals surface area (Å²) in [5, 5.41) is 0.830. The molecule has 2 aromatic rings. The van der Waals surface area contributed by atoms with E-state index in [4.69, 9.17) is 23.2 Å². The van der Waals surface area contributed by atoms with E-state index >= 15 is 0 Å². The zero-order chi connectivity index (χ0) is 13.7. The lowest BCUT2D eigenvalue weighted by molar-refractivity contribution is 1.03. The van der Waals surface area contributed by atoms with Gasteiger partial charge in [-0.25, -0.2) is 9.97 Å². The molecule has 0 saturated heterocycles. The molecular weight excluding hydrogens is 299 g/mol. The lowest BCUT2D eigenvalue weighted by Crippen LogP contribution is -1.97. The molecule has 0 amide bonds. The van der Waals surface area contributed by atoms with Crippen molar-refractivity contribution >= 4 is 35.0 Å². The summed E-state index contributed by atoms with van der Waals surface area (Å²) in [7, 11) is 0. The van der Waals surface area contributed by atoms with Crippen molar-refractivity contribution in [2.75, 3.05) is 5.75 Å². The van der Waals surface area contributed by atoms with Gasteiger partial charge >= 0.3 is 0 Å². The molecule has 0 radical (unpaired) electrons. The highest BCUT2D eigenvalue weighted by molar-refractivity contribution is 7.98. The molecule has 2 nitrogen and oxygen atoms in total. The Labute approximate surface area is 127 Å². The maximum Gasteiger partial charge on any atom is 0.142 e. The van der Waals surface area contributed by atoms with Crippen molar-refractivity contribution in [3.8, 4) is 11.1 Å². The normalized spacial score (nSPS) is 10.7. The number of benzene rings is 1. The third kappa shape index (κ3) is 3.85. The van der Waals surface area contributed by atoms with Crippen LogP contribution in [0.3, 0.4) is 0 Å². The van der Waals surface area contributed by atoms with E-state index in [0.717, 1.165) is 23.5 Å². The van der Waals surface area contributed by atoms with Crippen LogP contribution in [0.15, 0.2) is 30.3 Å². The van der Waals surface area contributed by atoms with Crippen LogP contribution in [0.25, 0.3) is 11.1 Å². The van der Waals surface area contributed by atoms with Crippen molar-refractivity contribution in [2.24, 2.45) is 0 Å². The van der Waals surface area contributed by atoms with E-state index in [9.17, 15) is 0 Å². The molecule has 0 aliphatic carbocycles. The molecule has 2 rings (SSSR count). The van der Waals surface area contributed by atoms with Crippen LogP contribution in [-0.2, 0) is 5.75 Å². The Hall–Kier alpha value is -0.770. The van der Waals surface area contributed by atoms with Crippen LogP contribution in [0.1, 0.15) is 19.2 Å². The molecule has 0 fully saturated rings. The smallest absolute Gasteiger partial charge is 0.142 e. The second kappa shape index (κ2) is 7.13. The lowest BCUT2D eigenvalue weighted by atomic mass is 10.1. The molecule has 1 heterocycles. The van der Waals surface area contributed by atoms with Crippen molar-refractivity contribution in [2.45, 2.75) is 19.1 Å². The Morgan fingerprint density at radius 3 is 2.26 bits per heavy atom. The molecule has 1 aromatic heterocycles. The van der Waals surface area contributed by atoms with Gasteiger partial charge in [-0.1, -0.05) is 60.5 Å². The molecule has 0 spiro atoms. The fraction of sp³-hybridized carbons (Fsp3) is 0.286. The number of hydrogen-bond acceptors (Lipinski definition) is 3. The molecule has 5 heteroatoms. The molecule has 0 unspecified atom stereocenters. The molecule has 1 aromatic carbocycles. The van der Waals surface area contributed by atoms with E-state index in [2.05, 4.69) is 16.9 Å². The molecule has 0 aliphatic heterocycles. The topological polar surface area (TPSA) is 25.8 Å². The predicted molar refractivity (Wildman–Crippen MR) is 83.9 cm³/mol. The maximum atomic E-state index is 6.24. The van der Waals surface area contributed by atoms with Crippen LogP contribution in [-0.4, -0.2) is 15.7 Å². The fourth-order valence-electron chi connectivity index (χ4n) is 1.66. The standard InChI is InChI=1S/C14H14Cl2N2S/c1-2-8-19-9-11-17-13(15)12(14(16)18-11)10-6-4-3-5-7-10/h3-7H,2,8-9H2,1H3. The average molecular weight is 313 g/mol. The van der Waals surface area contributed by atoms with Crippen molar-refractivity contribution < 1.29 is 0 Å². The second-order valence-electron chi connectivity index (χ2n) is 4.02. The molecule has 0 aliphatic rings. The van der Waals surface area contributed by atoms with Gasteiger partial charge in [-0.05, 0) is 17.7 Å². The summed E-state index contributed by atoms with van der Waals surface area (Å²) in [6.45, 7) is 2.15. The summed E-state index contributed by atoms with van der Waals surface area (Å²) in [6, 6.07) is 9.71. The molecule has 100 valence electrons. The number of hydrogen-bond donors (Lipinski definition) is 0. The summed E-state index contributed by atoms with van der Waals surface area (Å²) in [5.41, 5.74) is 1.64.